The summed E-state index contributed by atoms with van der Waals surface area (Å²) in [5.74, 6) is -0.616. The molecule has 0 aromatic heterocycles. The predicted molar refractivity (Wildman–Crippen MR) is 209 cm³/mol. The summed E-state index contributed by atoms with van der Waals surface area (Å²) in [6.07, 6.45) is 25.8. The Morgan fingerprint density at radius 3 is 1.56 bits per heavy atom. The van der Waals surface area contributed by atoms with Gasteiger partial charge in [0.2, 0.25) is 5.91 Å². The van der Waals surface area contributed by atoms with E-state index in [1.54, 1.807) is 6.08 Å². The van der Waals surface area contributed by atoms with Crippen LogP contribution in [0.2, 0.25) is 0 Å². The highest BCUT2D eigenvalue weighted by Gasteiger charge is 2.44. The van der Waals surface area contributed by atoms with Gasteiger partial charge in [-0.2, -0.15) is 0 Å². The van der Waals surface area contributed by atoms with Crippen molar-refractivity contribution in [3.05, 3.63) is 12.2 Å². The minimum atomic E-state index is -1.61. The third kappa shape index (κ3) is 23.6. The van der Waals surface area contributed by atoms with E-state index in [2.05, 4.69) is 19.2 Å². The van der Waals surface area contributed by atoms with E-state index in [9.17, 15) is 35.4 Å². The highest BCUT2D eigenvalue weighted by Crippen LogP contribution is 2.23. The monoisotopic (exact) mass is 744 g/mol. The van der Waals surface area contributed by atoms with Crippen molar-refractivity contribution >= 4 is 5.91 Å². The van der Waals surface area contributed by atoms with Crippen molar-refractivity contribution in [2.75, 3.05) is 13.2 Å². The quantitative estimate of drug-likeness (QED) is 0.0264. The van der Waals surface area contributed by atoms with E-state index in [-0.39, 0.29) is 6.61 Å². The number of rotatable bonds is 35. The average Bonchev–Trinajstić information content (AvgIpc) is 3.14. The minimum Gasteiger partial charge on any atom is -0.394 e. The minimum absolute atomic E-state index is 0.302. The molecule has 0 aromatic rings. The van der Waals surface area contributed by atoms with E-state index >= 15 is 0 Å². The molecule has 1 aliphatic heterocycles. The topological polar surface area (TPSA) is 169 Å². The van der Waals surface area contributed by atoms with Gasteiger partial charge >= 0.3 is 0 Å². The predicted octanol–water partition coefficient (Wildman–Crippen LogP) is 7.14. The normalized spacial score (nSPS) is 22.5. The molecule has 1 saturated heterocycles. The molecule has 0 saturated carbocycles. The Balaban J connectivity index is 2.46. The maximum atomic E-state index is 13.0. The summed E-state index contributed by atoms with van der Waals surface area (Å²) in [5.41, 5.74) is 0. The van der Waals surface area contributed by atoms with E-state index in [1.165, 1.54) is 122 Å². The summed E-state index contributed by atoms with van der Waals surface area (Å²) < 4.78 is 11.1. The number of aliphatic hydroxyl groups is 6. The van der Waals surface area contributed by atoms with Crippen molar-refractivity contribution in [3.8, 4) is 0 Å². The van der Waals surface area contributed by atoms with Gasteiger partial charge in [-0.1, -0.05) is 180 Å². The molecule has 1 aliphatic rings. The first-order valence-corrected chi connectivity index (χ1v) is 21.5. The van der Waals surface area contributed by atoms with Gasteiger partial charge in [-0.3, -0.25) is 4.79 Å². The van der Waals surface area contributed by atoms with Crippen LogP contribution >= 0.6 is 0 Å². The molecule has 10 heteroatoms. The number of nitrogens with one attached hydrogen (secondary N) is 1. The zero-order valence-corrected chi connectivity index (χ0v) is 33.2. The van der Waals surface area contributed by atoms with Gasteiger partial charge in [0.25, 0.3) is 0 Å². The highest BCUT2D eigenvalue weighted by atomic mass is 16.7. The van der Waals surface area contributed by atoms with Crippen LogP contribution in [0.15, 0.2) is 12.2 Å². The second-order valence-corrected chi connectivity index (χ2v) is 15.3. The van der Waals surface area contributed by atoms with Crippen LogP contribution in [0, 0.1) is 0 Å². The summed E-state index contributed by atoms with van der Waals surface area (Å²) >= 11 is 0. The van der Waals surface area contributed by atoms with Gasteiger partial charge in [-0.15, -0.1) is 0 Å². The molecule has 52 heavy (non-hydrogen) atoms. The van der Waals surface area contributed by atoms with Gasteiger partial charge in [0.15, 0.2) is 6.29 Å². The standard InChI is InChI=1S/C42H81NO9/c1-3-5-7-9-11-13-15-17-19-21-23-25-27-29-31-36(46)41(50)43-34(33-51-42-40(49)39(48)38(47)37(32-44)52-42)35(45)30-28-26-24-22-20-18-16-14-12-10-8-6-4-2/h28,30,34-40,42,44-49H,3-27,29,31-33H2,1-2H3,(H,43,50)/t34-,35+,36?,37+,38-,39-,40+,42+/m0/s1. The Hall–Kier alpha value is -1.11. The lowest BCUT2D eigenvalue weighted by Gasteiger charge is -2.40. The molecular weight excluding hydrogens is 662 g/mol. The lowest BCUT2D eigenvalue weighted by atomic mass is 9.99. The molecule has 0 spiro atoms. The Morgan fingerprint density at radius 2 is 1.10 bits per heavy atom. The smallest absolute Gasteiger partial charge is 0.249 e. The number of carbonyl (C=O) groups is 1. The highest BCUT2D eigenvalue weighted by molar-refractivity contribution is 5.80. The molecule has 10 nitrogen and oxygen atoms in total. The second kappa shape index (κ2) is 33.2. The molecule has 1 rings (SSSR count). The van der Waals surface area contributed by atoms with E-state index in [4.69, 9.17) is 9.47 Å². The first-order chi connectivity index (χ1) is 25.3. The van der Waals surface area contributed by atoms with Crippen molar-refractivity contribution < 1.29 is 44.9 Å². The molecule has 0 bridgehead atoms. The summed E-state index contributed by atoms with van der Waals surface area (Å²) in [7, 11) is 0. The number of aliphatic hydroxyl groups excluding tert-OH is 6. The largest absolute Gasteiger partial charge is 0.394 e. The Labute approximate surface area is 317 Å². The Bertz CT molecular complexity index is 844. The SMILES string of the molecule is CCCCCCCCCCCCCC=C[C@@H](O)[C@H](CO[C@@H]1O[C@H](CO)[C@H](O)[C@H](O)[C@H]1O)NC(=O)C(O)CCCCCCCCCCCCCCCC. The number of hydrogen-bond donors (Lipinski definition) is 7. The fourth-order valence-electron chi connectivity index (χ4n) is 6.87. The fraction of sp³-hybridized carbons (Fsp3) is 0.929. The summed E-state index contributed by atoms with van der Waals surface area (Å²) in [5, 5.41) is 64.5. The number of carbonyl (C=O) groups excluding carboxylic acids is 1. The maximum absolute atomic E-state index is 13.0. The third-order valence-corrected chi connectivity index (χ3v) is 10.5. The molecule has 1 fully saturated rings. The summed E-state index contributed by atoms with van der Waals surface area (Å²) in [6.45, 7) is 3.59. The first kappa shape index (κ1) is 48.9. The zero-order valence-electron chi connectivity index (χ0n) is 33.2. The van der Waals surface area contributed by atoms with Crippen LogP contribution in [0.1, 0.15) is 187 Å². The summed E-state index contributed by atoms with van der Waals surface area (Å²) in [6, 6.07) is -0.973. The molecule has 1 unspecified atom stereocenters. The molecule has 0 aliphatic carbocycles. The fourth-order valence-corrected chi connectivity index (χ4v) is 6.87. The number of unbranched alkanes of at least 4 members (excludes halogenated alkanes) is 24. The second-order valence-electron chi connectivity index (χ2n) is 15.3. The molecular formula is C42H81NO9. The average molecular weight is 744 g/mol. The van der Waals surface area contributed by atoms with Gasteiger partial charge in [0.05, 0.1) is 25.4 Å². The third-order valence-electron chi connectivity index (χ3n) is 10.5. The van der Waals surface area contributed by atoms with Gasteiger partial charge in [-0.05, 0) is 19.3 Å². The number of ether oxygens (including phenoxy) is 2. The van der Waals surface area contributed by atoms with Gasteiger partial charge < -0.3 is 45.4 Å². The molecule has 1 heterocycles. The molecule has 0 aromatic carbocycles. The van der Waals surface area contributed by atoms with Crippen molar-refractivity contribution in [2.24, 2.45) is 0 Å². The lowest BCUT2D eigenvalue weighted by Crippen LogP contribution is -2.60. The van der Waals surface area contributed by atoms with Crippen LogP contribution in [0.25, 0.3) is 0 Å². The number of allylic oxidation sites excluding steroid dienone is 1. The Morgan fingerprint density at radius 1 is 0.654 bits per heavy atom. The molecule has 7 N–H and O–H groups in total. The summed E-state index contributed by atoms with van der Waals surface area (Å²) in [4.78, 5) is 13.0. The number of amides is 1. The molecule has 308 valence electrons. The van der Waals surface area contributed by atoms with Gasteiger partial charge in [-0.25, -0.2) is 0 Å². The van der Waals surface area contributed by atoms with Gasteiger partial charge in [0.1, 0.15) is 30.5 Å². The number of hydrogen-bond acceptors (Lipinski definition) is 9. The van der Waals surface area contributed by atoms with Crippen LogP contribution in [-0.4, -0.2) is 98.7 Å². The molecule has 0 radical (unpaired) electrons. The maximum Gasteiger partial charge on any atom is 0.249 e. The van der Waals surface area contributed by atoms with E-state index in [1.807, 2.05) is 6.08 Å². The molecule has 1 amide bonds. The Kier molecular flexibility index (Phi) is 31.3. The van der Waals surface area contributed by atoms with Crippen LogP contribution in [-0.2, 0) is 14.3 Å². The van der Waals surface area contributed by atoms with Crippen molar-refractivity contribution in [2.45, 2.75) is 236 Å². The van der Waals surface area contributed by atoms with Crippen molar-refractivity contribution in [1.29, 1.82) is 0 Å². The van der Waals surface area contributed by atoms with Crippen molar-refractivity contribution in [1.82, 2.24) is 5.32 Å². The van der Waals surface area contributed by atoms with Crippen LogP contribution in [0.5, 0.6) is 0 Å². The first-order valence-electron chi connectivity index (χ1n) is 21.5. The van der Waals surface area contributed by atoms with Crippen LogP contribution < -0.4 is 5.32 Å². The zero-order chi connectivity index (χ0) is 38.2. The van der Waals surface area contributed by atoms with E-state index in [0.29, 0.717) is 6.42 Å². The van der Waals surface area contributed by atoms with E-state index in [0.717, 1.165) is 44.9 Å². The van der Waals surface area contributed by atoms with Gasteiger partial charge in [0, 0.05) is 0 Å². The van der Waals surface area contributed by atoms with E-state index < -0.39 is 61.5 Å². The lowest BCUT2D eigenvalue weighted by molar-refractivity contribution is -0.302. The molecule has 8 atom stereocenters. The van der Waals surface area contributed by atoms with Crippen molar-refractivity contribution in [3.63, 3.8) is 0 Å². The van der Waals surface area contributed by atoms with Crippen LogP contribution in [0.3, 0.4) is 0 Å². The van der Waals surface area contributed by atoms with Crippen LogP contribution in [0.4, 0.5) is 0 Å².